The minimum absolute atomic E-state index is 0.0340. The molecule has 0 radical (unpaired) electrons. The predicted molar refractivity (Wildman–Crippen MR) is 92.7 cm³/mol. The molecule has 7 heteroatoms. The lowest BCUT2D eigenvalue weighted by Crippen LogP contribution is -2.30. The fourth-order valence-electron chi connectivity index (χ4n) is 2.26. The van der Waals surface area contributed by atoms with Gasteiger partial charge in [-0.15, -0.1) is 0 Å². The number of benzene rings is 2. The average molecular weight is 358 g/mol. The Balaban J connectivity index is 2.26. The number of hydrogen-bond donors (Lipinski definition) is 0. The van der Waals surface area contributed by atoms with Gasteiger partial charge in [-0.1, -0.05) is 12.1 Å². The summed E-state index contributed by atoms with van der Waals surface area (Å²) in [7, 11) is -4.10. The van der Waals surface area contributed by atoms with Gasteiger partial charge in [0.2, 0.25) is 0 Å². The molecule has 2 aromatic carbocycles. The van der Waals surface area contributed by atoms with Gasteiger partial charge in [0.15, 0.2) is 5.75 Å². The summed E-state index contributed by atoms with van der Waals surface area (Å²) in [5.41, 5.74) is 0.527. The zero-order chi connectivity index (χ0) is 18.4. The molecule has 0 saturated heterocycles. The van der Waals surface area contributed by atoms with E-state index in [1.165, 1.54) is 36.4 Å². The predicted octanol–water partition coefficient (Wildman–Crippen LogP) is 2.81. The van der Waals surface area contributed by atoms with Crippen molar-refractivity contribution in [2.45, 2.75) is 18.7 Å². The van der Waals surface area contributed by atoms with Crippen molar-refractivity contribution in [3.8, 4) is 11.8 Å². The Hall–Kier alpha value is -2.85. The van der Waals surface area contributed by atoms with Crippen LogP contribution in [-0.4, -0.2) is 32.3 Å². The molecule has 2 rings (SSSR count). The zero-order valence-corrected chi connectivity index (χ0v) is 14.8. The molecule has 0 spiro atoms. The summed E-state index contributed by atoms with van der Waals surface area (Å²) in [6.07, 6.45) is 0. The highest BCUT2D eigenvalue weighted by atomic mass is 32.2. The molecule has 25 heavy (non-hydrogen) atoms. The summed E-state index contributed by atoms with van der Waals surface area (Å²) >= 11 is 0. The summed E-state index contributed by atoms with van der Waals surface area (Å²) in [6.45, 7) is 4.90. The molecule has 0 atom stereocenters. The Morgan fingerprint density at radius 3 is 2.24 bits per heavy atom. The van der Waals surface area contributed by atoms with Gasteiger partial charge in [0.05, 0.1) is 5.56 Å². The van der Waals surface area contributed by atoms with E-state index in [2.05, 4.69) is 0 Å². The van der Waals surface area contributed by atoms with Crippen molar-refractivity contribution in [2.75, 3.05) is 13.1 Å². The van der Waals surface area contributed by atoms with Crippen LogP contribution in [0.25, 0.3) is 0 Å². The van der Waals surface area contributed by atoms with Crippen molar-refractivity contribution in [1.29, 1.82) is 5.26 Å². The second-order valence-corrected chi connectivity index (χ2v) is 6.69. The maximum atomic E-state index is 12.4. The first-order chi connectivity index (χ1) is 11.9. The quantitative estimate of drug-likeness (QED) is 0.741. The van der Waals surface area contributed by atoms with Crippen molar-refractivity contribution in [2.24, 2.45) is 0 Å². The molecule has 6 nitrogen and oxygen atoms in total. The third-order valence-electron chi connectivity index (χ3n) is 3.65. The zero-order valence-electron chi connectivity index (χ0n) is 14.0. The highest BCUT2D eigenvalue weighted by Crippen LogP contribution is 2.22. The summed E-state index contributed by atoms with van der Waals surface area (Å²) in [5, 5.41) is 9.02. The summed E-state index contributed by atoms with van der Waals surface area (Å²) < 4.78 is 29.8. The van der Waals surface area contributed by atoms with Gasteiger partial charge in [0.1, 0.15) is 11.0 Å². The first kappa shape index (κ1) is 18.5. The molecule has 0 bridgehead atoms. The molecule has 130 valence electrons. The van der Waals surface area contributed by atoms with Gasteiger partial charge >= 0.3 is 10.1 Å². The van der Waals surface area contributed by atoms with E-state index in [1.54, 1.807) is 17.0 Å². The topological polar surface area (TPSA) is 87.5 Å². The van der Waals surface area contributed by atoms with Crippen molar-refractivity contribution in [3.63, 3.8) is 0 Å². The maximum absolute atomic E-state index is 12.4. The van der Waals surface area contributed by atoms with E-state index < -0.39 is 10.1 Å². The Bertz CT molecular complexity index is 895. The van der Waals surface area contributed by atoms with Crippen LogP contribution in [-0.2, 0) is 10.1 Å². The monoisotopic (exact) mass is 358 g/mol. The van der Waals surface area contributed by atoms with Crippen LogP contribution in [0.1, 0.15) is 29.8 Å². The largest absolute Gasteiger partial charge is 0.378 e. The lowest BCUT2D eigenvalue weighted by molar-refractivity contribution is 0.0773. The number of rotatable bonds is 6. The highest BCUT2D eigenvalue weighted by Gasteiger charge is 2.20. The van der Waals surface area contributed by atoms with E-state index in [9.17, 15) is 13.2 Å². The van der Waals surface area contributed by atoms with E-state index in [1.807, 2.05) is 19.9 Å². The minimum atomic E-state index is -4.10. The van der Waals surface area contributed by atoms with Crippen molar-refractivity contribution >= 4 is 16.0 Å². The molecule has 0 N–H and O–H groups in total. The Kier molecular flexibility index (Phi) is 5.78. The van der Waals surface area contributed by atoms with Gasteiger partial charge in [0, 0.05) is 18.7 Å². The van der Waals surface area contributed by atoms with Crippen LogP contribution < -0.4 is 4.18 Å². The summed E-state index contributed by atoms with van der Waals surface area (Å²) in [6, 6.07) is 13.5. The van der Waals surface area contributed by atoms with Crippen LogP contribution in [0.2, 0.25) is 0 Å². The van der Waals surface area contributed by atoms with Crippen molar-refractivity contribution in [1.82, 2.24) is 4.90 Å². The lowest BCUT2D eigenvalue weighted by Gasteiger charge is -2.18. The van der Waals surface area contributed by atoms with E-state index in [-0.39, 0.29) is 22.1 Å². The Labute approximate surface area is 147 Å². The first-order valence-corrected chi connectivity index (χ1v) is 9.16. The first-order valence-electron chi connectivity index (χ1n) is 7.75. The van der Waals surface area contributed by atoms with E-state index in [4.69, 9.17) is 9.44 Å². The fourth-order valence-corrected chi connectivity index (χ4v) is 3.20. The fraction of sp³-hybridized carbons (Fsp3) is 0.222. The molecular formula is C18H18N2O4S. The molecule has 0 fully saturated rings. The third kappa shape index (κ3) is 4.17. The van der Waals surface area contributed by atoms with Crippen molar-refractivity contribution in [3.05, 3.63) is 59.7 Å². The maximum Gasteiger partial charge on any atom is 0.339 e. The van der Waals surface area contributed by atoms with Crippen molar-refractivity contribution < 1.29 is 17.4 Å². The van der Waals surface area contributed by atoms with E-state index in [0.717, 1.165) is 0 Å². The standard InChI is InChI=1S/C18H18N2O4S/c1-3-20(4-2)18(21)14-9-11-16(12-10-14)25(22,23)24-17-8-6-5-7-15(17)13-19/h5-12H,3-4H2,1-2H3. The molecule has 2 aromatic rings. The number of hydrogen-bond acceptors (Lipinski definition) is 5. The molecule has 0 heterocycles. The molecule has 1 amide bonds. The number of nitriles is 1. The number of para-hydroxylation sites is 1. The SMILES string of the molecule is CCN(CC)C(=O)c1ccc(S(=O)(=O)Oc2ccccc2C#N)cc1. The molecule has 0 aliphatic carbocycles. The van der Waals surface area contributed by atoms with Gasteiger partial charge in [-0.05, 0) is 50.2 Å². The van der Waals surface area contributed by atoms with Crippen LogP contribution in [0.5, 0.6) is 5.75 Å². The summed E-state index contributed by atoms with van der Waals surface area (Å²) in [5.74, 6) is -0.196. The van der Waals surface area contributed by atoms with Gasteiger partial charge in [0.25, 0.3) is 5.91 Å². The van der Waals surface area contributed by atoms with Crippen LogP contribution in [0.15, 0.2) is 53.4 Å². The molecular weight excluding hydrogens is 340 g/mol. The number of carbonyl (C=O) groups is 1. The lowest BCUT2D eigenvalue weighted by atomic mass is 10.2. The molecule has 0 unspecified atom stereocenters. The molecule has 0 aliphatic heterocycles. The number of carbonyl (C=O) groups excluding carboxylic acids is 1. The molecule has 0 aliphatic rings. The van der Waals surface area contributed by atoms with Gasteiger partial charge in [-0.25, -0.2) is 0 Å². The van der Waals surface area contributed by atoms with Crippen LogP contribution >= 0.6 is 0 Å². The van der Waals surface area contributed by atoms with Gasteiger partial charge in [-0.2, -0.15) is 13.7 Å². The average Bonchev–Trinajstić information content (AvgIpc) is 2.63. The Morgan fingerprint density at radius 1 is 1.08 bits per heavy atom. The highest BCUT2D eigenvalue weighted by molar-refractivity contribution is 7.87. The number of amides is 1. The van der Waals surface area contributed by atoms with E-state index in [0.29, 0.717) is 18.7 Å². The van der Waals surface area contributed by atoms with Crippen LogP contribution in [0.4, 0.5) is 0 Å². The third-order valence-corrected chi connectivity index (χ3v) is 4.90. The van der Waals surface area contributed by atoms with Crippen LogP contribution in [0, 0.1) is 11.3 Å². The second-order valence-electron chi connectivity index (χ2n) is 5.15. The van der Waals surface area contributed by atoms with Gasteiger partial charge < -0.3 is 9.08 Å². The normalized spacial score (nSPS) is 10.8. The molecule has 0 saturated carbocycles. The van der Waals surface area contributed by atoms with E-state index >= 15 is 0 Å². The second kappa shape index (κ2) is 7.81. The van der Waals surface area contributed by atoms with Crippen LogP contribution in [0.3, 0.4) is 0 Å². The minimum Gasteiger partial charge on any atom is -0.378 e. The Morgan fingerprint density at radius 2 is 1.68 bits per heavy atom. The smallest absolute Gasteiger partial charge is 0.339 e. The summed E-state index contributed by atoms with van der Waals surface area (Å²) in [4.78, 5) is 13.8. The number of nitrogens with zero attached hydrogens (tertiary/aromatic N) is 2. The molecule has 0 aromatic heterocycles. The van der Waals surface area contributed by atoms with Gasteiger partial charge in [-0.3, -0.25) is 4.79 Å².